The van der Waals surface area contributed by atoms with Crippen LogP contribution >= 0.6 is 0 Å². The Morgan fingerprint density at radius 3 is 2.37 bits per heavy atom. The summed E-state index contributed by atoms with van der Waals surface area (Å²) in [6.45, 7) is 4.57. The number of aromatic nitrogens is 5. The molecule has 2 aromatic heterocycles. The lowest BCUT2D eigenvalue weighted by Crippen LogP contribution is -2.26. The molecule has 0 saturated carbocycles. The maximum Gasteiger partial charge on any atom is 0.199 e. The Morgan fingerprint density at radius 2 is 1.57 bits per heavy atom. The standard InChI is InChI=1S/C25H19N5/c1-25(2)18-9-6-10-20-22(18)30(24(29-20)23-27-14-26-15-28-23)21-12-11-17(13-19(21)25)16-7-4-3-5-8-16/h3-15H,1-2H3. The molecular weight excluding hydrogens is 370 g/mol. The molecule has 0 bridgehead atoms. The molecule has 0 atom stereocenters. The molecule has 3 heterocycles. The van der Waals surface area contributed by atoms with Gasteiger partial charge in [0.2, 0.25) is 0 Å². The fraction of sp³-hybridized carbons (Fsp3) is 0.120. The van der Waals surface area contributed by atoms with Gasteiger partial charge in [-0.2, -0.15) is 0 Å². The van der Waals surface area contributed by atoms with Gasteiger partial charge in [-0.1, -0.05) is 62.4 Å². The monoisotopic (exact) mass is 389 g/mol. The summed E-state index contributed by atoms with van der Waals surface area (Å²) in [6, 6.07) is 23.5. The van der Waals surface area contributed by atoms with Crippen LogP contribution in [0.15, 0.2) is 79.4 Å². The molecule has 0 unspecified atom stereocenters. The summed E-state index contributed by atoms with van der Waals surface area (Å²) in [4.78, 5) is 17.6. The lowest BCUT2D eigenvalue weighted by Gasteiger charge is -2.34. The maximum atomic E-state index is 4.91. The Labute approximate surface area is 174 Å². The van der Waals surface area contributed by atoms with Crippen molar-refractivity contribution in [3.05, 3.63) is 90.5 Å². The predicted molar refractivity (Wildman–Crippen MR) is 117 cm³/mol. The minimum absolute atomic E-state index is 0.161. The summed E-state index contributed by atoms with van der Waals surface area (Å²) in [5.74, 6) is 1.31. The van der Waals surface area contributed by atoms with Gasteiger partial charge in [-0.15, -0.1) is 0 Å². The molecule has 0 radical (unpaired) electrons. The van der Waals surface area contributed by atoms with Crippen LogP contribution in [0, 0.1) is 0 Å². The number of fused-ring (bicyclic) bond motifs is 2. The molecule has 5 nitrogen and oxygen atoms in total. The smallest absolute Gasteiger partial charge is 0.199 e. The molecule has 0 spiro atoms. The van der Waals surface area contributed by atoms with Crippen molar-refractivity contribution in [1.29, 1.82) is 0 Å². The molecule has 1 aliphatic rings. The Kier molecular flexibility index (Phi) is 3.45. The highest BCUT2D eigenvalue weighted by atomic mass is 15.1. The van der Waals surface area contributed by atoms with Gasteiger partial charge in [0.15, 0.2) is 11.6 Å². The third-order valence-electron chi connectivity index (χ3n) is 6.06. The van der Waals surface area contributed by atoms with Gasteiger partial charge in [0, 0.05) is 5.41 Å². The highest BCUT2D eigenvalue weighted by Crippen LogP contribution is 2.46. The first-order valence-corrected chi connectivity index (χ1v) is 9.99. The van der Waals surface area contributed by atoms with Crippen LogP contribution in [0.1, 0.15) is 25.0 Å². The quantitative estimate of drug-likeness (QED) is 0.417. The molecule has 5 heteroatoms. The van der Waals surface area contributed by atoms with E-state index in [4.69, 9.17) is 4.98 Å². The molecule has 30 heavy (non-hydrogen) atoms. The van der Waals surface area contributed by atoms with E-state index in [0.717, 1.165) is 22.5 Å². The third-order valence-corrected chi connectivity index (χ3v) is 6.06. The molecule has 6 rings (SSSR count). The fourth-order valence-electron chi connectivity index (χ4n) is 4.56. The maximum absolute atomic E-state index is 4.91. The number of para-hydroxylation sites is 1. The summed E-state index contributed by atoms with van der Waals surface area (Å²) in [5, 5.41) is 0. The Bertz CT molecular complexity index is 1400. The lowest BCUT2D eigenvalue weighted by atomic mass is 9.74. The first-order valence-electron chi connectivity index (χ1n) is 9.99. The van der Waals surface area contributed by atoms with Gasteiger partial charge in [-0.05, 0) is 40.5 Å². The highest BCUT2D eigenvalue weighted by molar-refractivity contribution is 5.89. The minimum Gasteiger partial charge on any atom is -0.289 e. The third kappa shape index (κ3) is 2.29. The van der Waals surface area contributed by atoms with E-state index in [1.807, 2.05) is 6.07 Å². The van der Waals surface area contributed by atoms with Gasteiger partial charge in [-0.25, -0.2) is 19.9 Å². The zero-order chi connectivity index (χ0) is 20.3. The fourth-order valence-corrected chi connectivity index (χ4v) is 4.56. The largest absolute Gasteiger partial charge is 0.289 e. The molecule has 0 saturated heterocycles. The van der Waals surface area contributed by atoms with Crippen molar-refractivity contribution < 1.29 is 0 Å². The van der Waals surface area contributed by atoms with Crippen LogP contribution in [0.25, 0.3) is 39.5 Å². The second kappa shape index (κ2) is 6.07. The zero-order valence-electron chi connectivity index (χ0n) is 16.7. The summed E-state index contributed by atoms with van der Waals surface area (Å²) in [5.41, 5.74) is 7.97. The van der Waals surface area contributed by atoms with Crippen LogP contribution in [0.2, 0.25) is 0 Å². The van der Waals surface area contributed by atoms with E-state index in [0.29, 0.717) is 5.82 Å². The van der Waals surface area contributed by atoms with Gasteiger partial charge in [-0.3, -0.25) is 4.57 Å². The van der Waals surface area contributed by atoms with E-state index in [1.165, 1.54) is 34.9 Å². The molecule has 0 fully saturated rings. The van der Waals surface area contributed by atoms with Gasteiger partial charge in [0.1, 0.15) is 12.7 Å². The second-order valence-electron chi connectivity index (χ2n) is 8.13. The summed E-state index contributed by atoms with van der Waals surface area (Å²) < 4.78 is 2.20. The molecule has 0 amide bonds. The first-order chi connectivity index (χ1) is 14.6. The number of nitrogens with zero attached hydrogens (tertiary/aromatic N) is 5. The molecule has 5 aromatic rings. The number of imidazole rings is 1. The van der Waals surface area contributed by atoms with Gasteiger partial charge in [0.05, 0.1) is 16.7 Å². The summed E-state index contributed by atoms with van der Waals surface area (Å²) in [6.07, 6.45) is 3.03. The second-order valence-corrected chi connectivity index (χ2v) is 8.13. The van der Waals surface area contributed by atoms with Crippen molar-refractivity contribution in [2.45, 2.75) is 19.3 Å². The van der Waals surface area contributed by atoms with Gasteiger partial charge >= 0.3 is 0 Å². The number of rotatable bonds is 2. The van der Waals surface area contributed by atoms with Gasteiger partial charge in [0.25, 0.3) is 0 Å². The topological polar surface area (TPSA) is 56.5 Å². The normalized spacial score (nSPS) is 13.9. The number of hydrogen-bond donors (Lipinski definition) is 0. The van der Waals surface area contributed by atoms with E-state index < -0.39 is 0 Å². The average Bonchev–Trinajstić information content (AvgIpc) is 3.19. The zero-order valence-corrected chi connectivity index (χ0v) is 16.7. The van der Waals surface area contributed by atoms with Crippen molar-refractivity contribution in [3.63, 3.8) is 0 Å². The SMILES string of the molecule is CC1(C)c2cc(-c3ccccc3)ccc2-n2c(-c3ncncn3)nc3cccc1c32. The minimum atomic E-state index is -0.161. The molecule has 3 aromatic carbocycles. The van der Waals surface area contributed by atoms with Crippen molar-refractivity contribution in [1.82, 2.24) is 24.5 Å². The van der Waals surface area contributed by atoms with Crippen molar-refractivity contribution >= 4 is 11.0 Å². The van der Waals surface area contributed by atoms with Gasteiger partial charge < -0.3 is 0 Å². The van der Waals surface area contributed by atoms with E-state index in [-0.39, 0.29) is 5.41 Å². The average molecular weight is 389 g/mol. The van der Waals surface area contributed by atoms with Crippen LogP contribution in [-0.4, -0.2) is 24.5 Å². The van der Waals surface area contributed by atoms with Crippen LogP contribution in [0.4, 0.5) is 0 Å². The van der Waals surface area contributed by atoms with Crippen LogP contribution < -0.4 is 0 Å². The van der Waals surface area contributed by atoms with Crippen molar-refractivity contribution in [2.24, 2.45) is 0 Å². The highest BCUT2D eigenvalue weighted by Gasteiger charge is 2.36. The van der Waals surface area contributed by atoms with E-state index >= 15 is 0 Å². The molecule has 0 aliphatic carbocycles. The van der Waals surface area contributed by atoms with Crippen molar-refractivity contribution in [3.8, 4) is 28.5 Å². The van der Waals surface area contributed by atoms with E-state index in [2.05, 4.69) is 94.0 Å². The summed E-state index contributed by atoms with van der Waals surface area (Å²) in [7, 11) is 0. The first kappa shape index (κ1) is 17.0. The van der Waals surface area contributed by atoms with Crippen molar-refractivity contribution in [2.75, 3.05) is 0 Å². The van der Waals surface area contributed by atoms with Crippen LogP contribution in [0.5, 0.6) is 0 Å². The molecular formula is C25H19N5. The van der Waals surface area contributed by atoms with Crippen LogP contribution in [0.3, 0.4) is 0 Å². The molecule has 1 aliphatic heterocycles. The summed E-state index contributed by atoms with van der Waals surface area (Å²) >= 11 is 0. The van der Waals surface area contributed by atoms with E-state index in [1.54, 1.807) is 0 Å². The number of benzene rings is 3. The Hall–Kier alpha value is -3.86. The Balaban J connectivity index is 1.70. The van der Waals surface area contributed by atoms with Crippen LogP contribution in [-0.2, 0) is 5.41 Å². The lowest BCUT2D eigenvalue weighted by molar-refractivity contribution is 0.629. The molecule has 0 N–H and O–H groups in total. The predicted octanol–water partition coefficient (Wildman–Crippen LogP) is 5.18. The van der Waals surface area contributed by atoms with E-state index in [9.17, 15) is 0 Å². The molecule has 144 valence electrons. The number of hydrogen-bond acceptors (Lipinski definition) is 4. The Morgan fingerprint density at radius 1 is 0.767 bits per heavy atom.